The molecule has 1 atom stereocenters. The largest absolute Gasteiger partial charge is 0.444 e. The molecule has 0 fully saturated rings. The summed E-state index contributed by atoms with van der Waals surface area (Å²) in [5.74, 6) is 0. The molecule has 0 saturated carbocycles. The third kappa shape index (κ3) is 8.94. The molecule has 0 aromatic rings. The van der Waals surface area contributed by atoms with Crippen LogP contribution in [-0.4, -0.2) is 54.6 Å². The third-order valence-corrected chi connectivity index (χ3v) is 2.03. The van der Waals surface area contributed by atoms with Crippen LogP contribution in [0.4, 0.5) is 4.79 Å². The zero-order valence-corrected chi connectivity index (χ0v) is 11.5. The molecule has 0 aromatic carbocycles. The van der Waals surface area contributed by atoms with Crippen molar-refractivity contribution < 1.29 is 19.4 Å². The summed E-state index contributed by atoms with van der Waals surface area (Å²) >= 11 is 0. The SMILES string of the molecule is COCCN(CCC(C)O)C(=O)OC(C)(C)C. The van der Waals surface area contributed by atoms with Crippen LogP contribution < -0.4 is 0 Å². The highest BCUT2D eigenvalue weighted by molar-refractivity contribution is 5.68. The maximum absolute atomic E-state index is 11.8. The van der Waals surface area contributed by atoms with Gasteiger partial charge in [-0.3, -0.25) is 0 Å². The van der Waals surface area contributed by atoms with Crippen molar-refractivity contribution in [2.24, 2.45) is 0 Å². The van der Waals surface area contributed by atoms with E-state index in [2.05, 4.69) is 0 Å². The van der Waals surface area contributed by atoms with Crippen LogP contribution in [0.1, 0.15) is 34.1 Å². The number of rotatable bonds is 6. The van der Waals surface area contributed by atoms with Crippen molar-refractivity contribution in [1.29, 1.82) is 0 Å². The monoisotopic (exact) mass is 247 g/mol. The van der Waals surface area contributed by atoms with Crippen molar-refractivity contribution in [3.8, 4) is 0 Å². The number of aliphatic hydroxyl groups is 1. The summed E-state index contributed by atoms with van der Waals surface area (Å²) in [5.41, 5.74) is -0.507. The van der Waals surface area contributed by atoms with Crippen LogP contribution in [0.25, 0.3) is 0 Å². The Balaban J connectivity index is 4.29. The molecule has 5 nitrogen and oxygen atoms in total. The minimum atomic E-state index is -0.507. The number of ether oxygens (including phenoxy) is 2. The van der Waals surface area contributed by atoms with Gasteiger partial charge in [0.2, 0.25) is 0 Å². The minimum Gasteiger partial charge on any atom is -0.444 e. The number of amides is 1. The number of aliphatic hydroxyl groups excluding tert-OH is 1. The fourth-order valence-corrected chi connectivity index (χ4v) is 1.17. The van der Waals surface area contributed by atoms with Crippen molar-refractivity contribution >= 4 is 6.09 Å². The second-order valence-corrected chi connectivity index (χ2v) is 5.10. The lowest BCUT2D eigenvalue weighted by Crippen LogP contribution is -2.39. The van der Waals surface area contributed by atoms with Crippen LogP contribution in [0.5, 0.6) is 0 Å². The molecule has 0 bridgehead atoms. The minimum absolute atomic E-state index is 0.366. The predicted molar refractivity (Wildman–Crippen MR) is 66.0 cm³/mol. The van der Waals surface area contributed by atoms with Gasteiger partial charge in [-0.2, -0.15) is 0 Å². The molecule has 1 N–H and O–H groups in total. The van der Waals surface area contributed by atoms with E-state index >= 15 is 0 Å². The molecule has 102 valence electrons. The van der Waals surface area contributed by atoms with Gasteiger partial charge < -0.3 is 19.5 Å². The van der Waals surface area contributed by atoms with Gasteiger partial charge in [-0.1, -0.05) is 0 Å². The lowest BCUT2D eigenvalue weighted by molar-refractivity contribution is 0.0177. The summed E-state index contributed by atoms with van der Waals surface area (Å²) < 4.78 is 10.2. The van der Waals surface area contributed by atoms with Gasteiger partial charge in [-0.05, 0) is 34.1 Å². The fraction of sp³-hybridized carbons (Fsp3) is 0.917. The number of carbonyl (C=O) groups is 1. The van der Waals surface area contributed by atoms with Crippen molar-refractivity contribution in [3.05, 3.63) is 0 Å². The van der Waals surface area contributed by atoms with Crippen molar-refractivity contribution in [2.45, 2.75) is 45.8 Å². The first-order valence-electron chi connectivity index (χ1n) is 5.91. The van der Waals surface area contributed by atoms with E-state index in [1.807, 2.05) is 20.8 Å². The summed E-state index contributed by atoms with van der Waals surface area (Å²) in [7, 11) is 1.59. The van der Waals surface area contributed by atoms with Gasteiger partial charge >= 0.3 is 6.09 Å². The van der Waals surface area contributed by atoms with E-state index in [0.717, 1.165) is 0 Å². The third-order valence-electron chi connectivity index (χ3n) is 2.03. The first-order chi connectivity index (χ1) is 7.76. The molecule has 0 radical (unpaired) electrons. The van der Waals surface area contributed by atoms with Crippen LogP contribution in [0.2, 0.25) is 0 Å². The average molecular weight is 247 g/mol. The summed E-state index contributed by atoms with van der Waals surface area (Å²) in [4.78, 5) is 13.4. The Morgan fingerprint density at radius 2 is 1.94 bits per heavy atom. The quantitative estimate of drug-likeness (QED) is 0.775. The Hall–Kier alpha value is -0.810. The highest BCUT2D eigenvalue weighted by Crippen LogP contribution is 2.10. The van der Waals surface area contributed by atoms with Crippen LogP contribution in [-0.2, 0) is 9.47 Å². The maximum Gasteiger partial charge on any atom is 0.410 e. The van der Waals surface area contributed by atoms with Crippen LogP contribution in [0.3, 0.4) is 0 Å². The van der Waals surface area contributed by atoms with E-state index in [0.29, 0.717) is 26.1 Å². The van der Waals surface area contributed by atoms with Gasteiger partial charge in [0.1, 0.15) is 5.60 Å². The number of methoxy groups -OCH3 is 1. The first-order valence-corrected chi connectivity index (χ1v) is 5.91. The average Bonchev–Trinajstić information content (AvgIpc) is 2.14. The normalized spacial score (nSPS) is 13.3. The lowest BCUT2D eigenvalue weighted by Gasteiger charge is -2.27. The van der Waals surface area contributed by atoms with Crippen molar-refractivity contribution in [1.82, 2.24) is 4.90 Å². The van der Waals surface area contributed by atoms with Gasteiger partial charge in [-0.15, -0.1) is 0 Å². The molecule has 0 heterocycles. The van der Waals surface area contributed by atoms with E-state index in [4.69, 9.17) is 9.47 Å². The molecule has 1 unspecified atom stereocenters. The van der Waals surface area contributed by atoms with E-state index < -0.39 is 11.7 Å². The summed E-state index contributed by atoms with van der Waals surface area (Å²) in [6.45, 7) is 8.58. The molecule has 5 heteroatoms. The Bertz CT molecular complexity index is 223. The molecule has 0 aliphatic heterocycles. The van der Waals surface area contributed by atoms with Crippen molar-refractivity contribution in [3.63, 3.8) is 0 Å². The molecule has 0 saturated heterocycles. The summed E-state index contributed by atoms with van der Waals surface area (Å²) in [6.07, 6.45) is -0.263. The van der Waals surface area contributed by atoms with Gasteiger partial charge in [0, 0.05) is 20.2 Å². The predicted octanol–water partition coefficient (Wildman–Crippen LogP) is 1.64. The Labute approximate surface area is 104 Å². The second-order valence-electron chi connectivity index (χ2n) is 5.10. The van der Waals surface area contributed by atoms with Crippen LogP contribution >= 0.6 is 0 Å². The molecule has 0 spiro atoms. The fourth-order valence-electron chi connectivity index (χ4n) is 1.17. The van der Waals surface area contributed by atoms with E-state index in [-0.39, 0.29) is 6.09 Å². The summed E-state index contributed by atoms with van der Waals surface area (Å²) in [5, 5.41) is 9.23. The molecular formula is C12H25NO4. The molecule has 17 heavy (non-hydrogen) atoms. The topological polar surface area (TPSA) is 59.0 Å². The van der Waals surface area contributed by atoms with Gasteiger partial charge in [-0.25, -0.2) is 4.79 Å². The molecule has 0 rings (SSSR count). The summed E-state index contributed by atoms with van der Waals surface area (Å²) in [6, 6.07) is 0. The number of nitrogens with zero attached hydrogens (tertiary/aromatic N) is 1. The Kier molecular flexibility index (Phi) is 7.15. The number of hydrogen-bond acceptors (Lipinski definition) is 4. The zero-order valence-electron chi connectivity index (χ0n) is 11.5. The Morgan fingerprint density at radius 3 is 2.35 bits per heavy atom. The van der Waals surface area contributed by atoms with Crippen molar-refractivity contribution in [2.75, 3.05) is 26.8 Å². The highest BCUT2D eigenvalue weighted by Gasteiger charge is 2.21. The second kappa shape index (κ2) is 7.50. The van der Waals surface area contributed by atoms with E-state index in [9.17, 15) is 9.90 Å². The smallest absolute Gasteiger partial charge is 0.410 e. The molecule has 0 aliphatic rings. The molecule has 0 aromatic heterocycles. The lowest BCUT2D eigenvalue weighted by atomic mass is 10.2. The van der Waals surface area contributed by atoms with Crippen LogP contribution in [0.15, 0.2) is 0 Å². The maximum atomic E-state index is 11.8. The standard InChI is InChI=1S/C12H25NO4/c1-10(14)6-7-13(8-9-16-5)11(15)17-12(2,3)4/h10,14H,6-9H2,1-5H3. The highest BCUT2D eigenvalue weighted by atomic mass is 16.6. The molecule has 0 aliphatic carbocycles. The number of carbonyl (C=O) groups excluding carboxylic acids is 1. The van der Waals surface area contributed by atoms with Gasteiger partial charge in [0.25, 0.3) is 0 Å². The number of hydrogen-bond donors (Lipinski definition) is 1. The zero-order chi connectivity index (χ0) is 13.5. The van der Waals surface area contributed by atoms with Gasteiger partial charge in [0.05, 0.1) is 12.7 Å². The van der Waals surface area contributed by atoms with Crippen LogP contribution in [0, 0.1) is 0 Å². The van der Waals surface area contributed by atoms with Gasteiger partial charge in [0.15, 0.2) is 0 Å². The van der Waals surface area contributed by atoms with E-state index in [1.165, 1.54) is 0 Å². The molecule has 1 amide bonds. The van der Waals surface area contributed by atoms with E-state index in [1.54, 1.807) is 18.9 Å². The Morgan fingerprint density at radius 1 is 1.35 bits per heavy atom. The molecular weight excluding hydrogens is 222 g/mol. The first kappa shape index (κ1) is 16.2.